The SMILES string of the molecule is CCCCOc1c(N(C)C(=O)O)n(CCC(=O)c2ccc3n2CC(C#N)=C3)c(=O)c2cc(Cl)c(Cl)cc12. The Labute approximate surface area is 222 Å². The van der Waals surface area contributed by atoms with Crippen molar-refractivity contribution in [3.8, 4) is 11.8 Å². The minimum atomic E-state index is -1.31. The summed E-state index contributed by atoms with van der Waals surface area (Å²) in [5.74, 6) is -0.0797. The summed E-state index contributed by atoms with van der Waals surface area (Å²) in [6.07, 6.45) is 1.87. The number of carboxylic acid groups (broad SMARTS) is 1. The summed E-state index contributed by atoms with van der Waals surface area (Å²) in [7, 11) is 1.31. The standard InChI is InChI=1S/C26H24Cl2N4O5/c1-3-4-9-37-23-17-11-19(27)20(28)12-18(17)25(34)31(24(23)30(2)26(35)36)8-7-22(33)21-6-5-16-10-15(13-29)14-32(16)21/h5-6,10-12H,3-4,7-9,14H2,1-2H3,(H,35,36). The molecule has 11 heteroatoms. The fraction of sp³-hybridized carbons (Fsp3) is 0.308. The van der Waals surface area contributed by atoms with E-state index in [2.05, 4.69) is 6.07 Å². The molecule has 37 heavy (non-hydrogen) atoms. The van der Waals surface area contributed by atoms with E-state index in [9.17, 15) is 24.8 Å². The van der Waals surface area contributed by atoms with Gasteiger partial charge in [0.2, 0.25) is 0 Å². The van der Waals surface area contributed by atoms with Gasteiger partial charge in [0, 0.05) is 31.1 Å². The summed E-state index contributed by atoms with van der Waals surface area (Å²) in [5.41, 5.74) is 1.19. The van der Waals surface area contributed by atoms with Crippen LogP contribution in [0.4, 0.5) is 10.6 Å². The molecule has 0 saturated heterocycles. The molecular formula is C26H24Cl2N4O5. The highest BCUT2D eigenvalue weighted by Crippen LogP contribution is 2.38. The number of nitrogens with zero attached hydrogens (tertiary/aromatic N) is 4. The Hall–Kier alpha value is -3.74. The van der Waals surface area contributed by atoms with E-state index in [1.807, 2.05) is 6.92 Å². The van der Waals surface area contributed by atoms with Crippen LogP contribution in [0.2, 0.25) is 10.0 Å². The van der Waals surface area contributed by atoms with Crippen LogP contribution >= 0.6 is 23.2 Å². The van der Waals surface area contributed by atoms with Crippen molar-refractivity contribution >= 4 is 57.7 Å². The number of hydrogen-bond acceptors (Lipinski definition) is 5. The van der Waals surface area contributed by atoms with E-state index in [4.69, 9.17) is 27.9 Å². The molecule has 0 atom stereocenters. The number of carbonyl (C=O) groups excluding carboxylic acids is 1. The Bertz CT molecular complexity index is 1550. The van der Waals surface area contributed by atoms with Crippen molar-refractivity contribution in [2.24, 2.45) is 0 Å². The zero-order valence-electron chi connectivity index (χ0n) is 20.3. The maximum Gasteiger partial charge on any atom is 0.412 e. The van der Waals surface area contributed by atoms with Crippen LogP contribution in [0.5, 0.6) is 5.75 Å². The lowest BCUT2D eigenvalue weighted by molar-refractivity contribution is 0.0968. The van der Waals surface area contributed by atoms with Crippen LogP contribution in [0.25, 0.3) is 16.8 Å². The lowest BCUT2D eigenvalue weighted by Crippen LogP contribution is -2.34. The third kappa shape index (κ3) is 4.95. The lowest BCUT2D eigenvalue weighted by Gasteiger charge is -2.24. The molecule has 0 radical (unpaired) electrons. The molecule has 3 aromatic rings. The molecule has 1 N–H and O–H groups in total. The van der Waals surface area contributed by atoms with Crippen LogP contribution < -0.4 is 15.2 Å². The number of ether oxygens (including phenoxy) is 1. The number of unbranched alkanes of at least 4 members (excludes halogenated alkanes) is 1. The number of hydrogen-bond donors (Lipinski definition) is 1. The summed E-state index contributed by atoms with van der Waals surface area (Å²) >= 11 is 12.4. The van der Waals surface area contributed by atoms with Crippen molar-refractivity contribution in [2.75, 3.05) is 18.6 Å². The molecule has 1 amide bonds. The van der Waals surface area contributed by atoms with Gasteiger partial charge < -0.3 is 14.4 Å². The van der Waals surface area contributed by atoms with E-state index in [0.717, 1.165) is 17.0 Å². The highest BCUT2D eigenvalue weighted by molar-refractivity contribution is 6.42. The predicted molar refractivity (Wildman–Crippen MR) is 142 cm³/mol. The number of ketones is 1. The Morgan fingerprint density at radius 2 is 1.92 bits per heavy atom. The summed E-state index contributed by atoms with van der Waals surface area (Å²) in [5, 5.41) is 19.9. The number of carbonyl (C=O) groups is 2. The average molecular weight is 543 g/mol. The van der Waals surface area contributed by atoms with E-state index >= 15 is 0 Å². The molecule has 4 rings (SSSR count). The number of allylic oxidation sites excluding steroid dienone is 1. The molecule has 0 saturated carbocycles. The van der Waals surface area contributed by atoms with E-state index in [0.29, 0.717) is 29.6 Å². The van der Waals surface area contributed by atoms with Crippen LogP contribution in [0, 0.1) is 11.3 Å². The molecule has 0 fully saturated rings. The molecule has 9 nitrogen and oxygen atoms in total. The minimum Gasteiger partial charge on any atom is -0.489 e. The van der Waals surface area contributed by atoms with Gasteiger partial charge in [0.1, 0.15) is 0 Å². The van der Waals surface area contributed by atoms with Gasteiger partial charge in [0.15, 0.2) is 17.4 Å². The number of rotatable bonds is 9. The maximum atomic E-state index is 13.6. The van der Waals surface area contributed by atoms with Crippen LogP contribution in [0.1, 0.15) is 42.4 Å². The molecule has 1 aliphatic rings. The second kappa shape index (κ2) is 10.7. The van der Waals surface area contributed by atoms with Gasteiger partial charge in [-0.15, -0.1) is 0 Å². The number of halogens is 2. The monoisotopic (exact) mass is 542 g/mol. The molecule has 192 valence electrons. The molecule has 0 unspecified atom stereocenters. The lowest BCUT2D eigenvalue weighted by atomic mass is 10.1. The predicted octanol–water partition coefficient (Wildman–Crippen LogP) is 5.60. The largest absolute Gasteiger partial charge is 0.489 e. The summed E-state index contributed by atoms with van der Waals surface area (Å²) in [6, 6.07) is 8.45. The molecule has 0 aliphatic carbocycles. The fourth-order valence-corrected chi connectivity index (χ4v) is 4.65. The van der Waals surface area contributed by atoms with Gasteiger partial charge in [-0.25, -0.2) is 4.79 Å². The van der Waals surface area contributed by atoms with Gasteiger partial charge in [-0.2, -0.15) is 5.26 Å². The van der Waals surface area contributed by atoms with Crippen molar-refractivity contribution in [2.45, 2.75) is 39.3 Å². The highest BCUT2D eigenvalue weighted by Gasteiger charge is 2.26. The van der Waals surface area contributed by atoms with Crippen molar-refractivity contribution in [3.63, 3.8) is 0 Å². The normalized spacial score (nSPS) is 12.2. The zero-order chi connectivity index (χ0) is 26.9. The number of nitriles is 1. The molecule has 2 aromatic heterocycles. The highest BCUT2D eigenvalue weighted by atomic mass is 35.5. The number of pyridine rings is 1. The molecule has 1 aromatic carbocycles. The first-order valence-electron chi connectivity index (χ1n) is 11.7. The quantitative estimate of drug-likeness (QED) is 0.278. The van der Waals surface area contributed by atoms with Crippen LogP contribution in [0.15, 0.2) is 34.6 Å². The summed E-state index contributed by atoms with van der Waals surface area (Å²) < 4.78 is 9.00. The first-order valence-corrected chi connectivity index (χ1v) is 12.4. The van der Waals surface area contributed by atoms with Gasteiger partial charge in [0.05, 0.1) is 45.9 Å². The second-order valence-corrected chi connectivity index (χ2v) is 9.46. The Balaban J connectivity index is 1.80. The van der Waals surface area contributed by atoms with Crippen LogP contribution in [0.3, 0.4) is 0 Å². The first kappa shape index (κ1) is 26.3. The topological polar surface area (TPSA) is 118 Å². The number of anilines is 1. The van der Waals surface area contributed by atoms with Gasteiger partial charge in [0.25, 0.3) is 5.56 Å². The zero-order valence-corrected chi connectivity index (χ0v) is 21.8. The number of fused-ring (bicyclic) bond motifs is 2. The van der Waals surface area contributed by atoms with Gasteiger partial charge in [-0.3, -0.25) is 19.1 Å². The average Bonchev–Trinajstić information content (AvgIpc) is 3.45. The number of benzene rings is 1. The number of aromatic nitrogens is 2. The minimum absolute atomic E-state index is 0.00103. The molecular weight excluding hydrogens is 519 g/mol. The van der Waals surface area contributed by atoms with Crippen molar-refractivity contribution in [1.29, 1.82) is 5.26 Å². The summed E-state index contributed by atoms with van der Waals surface area (Å²) in [6.45, 7) is 2.47. The van der Waals surface area contributed by atoms with Crippen LogP contribution in [-0.2, 0) is 13.1 Å². The first-order chi connectivity index (χ1) is 17.7. The van der Waals surface area contributed by atoms with E-state index in [-0.39, 0.29) is 52.4 Å². The second-order valence-electron chi connectivity index (χ2n) is 8.65. The van der Waals surface area contributed by atoms with Crippen molar-refractivity contribution in [1.82, 2.24) is 9.13 Å². The fourth-order valence-electron chi connectivity index (χ4n) is 4.32. The Morgan fingerprint density at radius 1 is 1.22 bits per heavy atom. The Kier molecular flexibility index (Phi) is 7.62. The third-order valence-electron chi connectivity index (χ3n) is 6.25. The molecule has 1 aliphatic heterocycles. The van der Waals surface area contributed by atoms with Crippen LogP contribution in [-0.4, -0.2) is 39.8 Å². The van der Waals surface area contributed by atoms with Crippen molar-refractivity contribution < 1.29 is 19.4 Å². The van der Waals surface area contributed by atoms with Gasteiger partial charge in [-0.05, 0) is 36.8 Å². The van der Waals surface area contributed by atoms with Crippen molar-refractivity contribution in [3.05, 3.63) is 61.6 Å². The van der Waals surface area contributed by atoms with E-state index in [1.165, 1.54) is 23.7 Å². The third-order valence-corrected chi connectivity index (χ3v) is 6.97. The molecule has 0 bridgehead atoms. The van der Waals surface area contributed by atoms with E-state index in [1.54, 1.807) is 22.8 Å². The van der Waals surface area contributed by atoms with E-state index < -0.39 is 11.7 Å². The smallest absolute Gasteiger partial charge is 0.412 e. The Morgan fingerprint density at radius 3 is 2.57 bits per heavy atom. The number of Topliss-reactive ketones (excluding diaryl/α,β-unsaturated/α-hetero) is 1. The van der Waals surface area contributed by atoms with Gasteiger partial charge in [-0.1, -0.05) is 36.5 Å². The van der Waals surface area contributed by atoms with Gasteiger partial charge >= 0.3 is 6.09 Å². The molecule has 0 spiro atoms. The number of amides is 1. The molecule has 3 heterocycles. The summed E-state index contributed by atoms with van der Waals surface area (Å²) in [4.78, 5) is 39.7. The maximum absolute atomic E-state index is 13.6.